The summed E-state index contributed by atoms with van der Waals surface area (Å²) < 4.78 is 20.3. The van der Waals surface area contributed by atoms with Crippen molar-refractivity contribution >= 4 is 5.91 Å². The molecule has 1 saturated heterocycles. The number of ether oxygens (including phenoxy) is 1. The molecule has 0 saturated carbocycles. The lowest BCUT2D eigenvalue weighted by Gasteiger charge is -2.47. The first-order valence-electron chi connectivity index (χ1n) is 10.6. The quantitative estimate of drug-likeness (QED) is 0.619. The van der Waals surface area contributed by atoms with Gasteiger partial charge in [-0.1, -0.05) is 55.5 Å². The highest BCUT2D eigenvalue weighted by Gasteiger charge is 2.43. The summed E-state index contributed by atoms with van der Waals surface area (Å²) in [6, 6.07) is 17.3. The van der Waals surface area contributed by atoms with Crippen molar-refractivity contribution in [2.45, 2.75) is 64.0 Å². The Labute approximate surface area is 173 Å². The smallest absolute Gasteiger partial charge is 0.219 e. The topological polar surface area (TPSA) is 29.5 Å². The van der Waals surface area contributed by atoms with E-state index in [1.165, 1.54) is 11.6 Å². The summed E-state index contributed by atoms with van der Waals surface area (Å²) >= 11 is 0. The maximum Gasteiger partial charge on any atom is 0.219 e. The Balaban J connectivity index is 1.83. The molecule has 1 heterocycles. The maximum absolute atomic E-state index is 14.1. The van der Waals surface area contributed by atoms with E-state index in [1.807, 2.05) is 12.1 Å². The van der Waals surface area contributed by atoms with Gasteiger partial charge < -0.3 is 9.64 Å². The SMILES string of the molecule is CC[C@@]1(C)C[C@](CCN(Cc2ccccc2F)C(C)=O)(c2ccccc2)CCO1. The molecule has 29 heavy (non-hydrogen) atoms. The Morgan fingerprint density at radius 2 is 1.83 bits per heavy atom. The highest BCUT2D eigenvalue weighted by Crippen LogP contribution is 2.45. The zero-order valence-corrected chi connectivity index (χ0v) is 17.8. The van der Waals surface area contributed by atoms with Gasteiger partial charge in [0.2, 0.25) is 5.91 Å². The van der Waals surface area contributed by atoms with E-state index in [9.17, 15) is 9.18 Å². The first-order valence-corrected chi connectivity index (χ1v) is 10.6. The molecule has 0 bridgehead atoms. The minimum Gasteiger partial charge on any atom is -0.375 e. The molecule has 156 valence electrons. The second kappa shape index (κ2) is 9.08. The van der Waals surface area contributed by atoms with Gasteiger partial charge in [0.15, 0.2) is 0 Å². The second-order valence-electron chi connectivity index (χ2n) is 8.51. The van der Waals surface area contributed by atoms with Crippen LogP contribution in [0.5, 0.6) is 0 Å². The predicted octanol–water partition coefficient (Wildman–Crippen LogP) is 5.48. The van der Waals surface area contributed by atoms with E-state index in [1.54, 1.807) is 24.0 Å². The van der Waals surface area contributed by atoms with E-state index in [-0.39, 0.29) is 22.7 Å². The van der Waals surface area contributed by atoms with E-state index in [0.717, 1.165) is 25.7 Å². The fraction of sp³-hybridized carbons (Fsp3) is 0.480. The molecule has 2 atom stereocenters. The molecule has 0 aromatic heterocycles. The van der Waals surface area contributed by atoms with Crippen LogP contribution in [-0.2, 0) is 21.5 Å². The molecular formula is C25H32FNO2. The highest BCUT2D eigenvalue weighted by molar-refractivity contribution is 5.73. The highest BCUT2D eigenvalue weighted by atomic mass is 19.1. The molecule has 0 spiro atoms. The van der Waals surface area contributed by atoms with Gasteiger partial charge in [0, 0.05) is 37.6 Å². The summed E-state index contributed by atoms with van der Waals surface area (Å²) in [7, 11) is 0. The molecule has 1 amide bonds. The summed E-state index contributed by atoms with van der Waals surface area (Å²) in [5.74, 6) is -0.289. The fourth-order valence-corrected chi connectivity index (χ4v) is 4.50. The minimum atomic E-state index is -0.263. The van der Waals surface area contributed by atoms with E-state index in [2.05, 4.69) is 38.1 Å². The van der Waals surface area contributed by atoms with Gasteiger partial charge in [-0.3, -0.25) is 4.79 Å². The zero-order valence-electron chi connectivity index (χ0n) is 17.8. The van der Waals surface area contributed by atoms with Crippen LogP contribution in [0.25, 0.3) is 0 Å². The van der Waals surface area contributed by atoms with Crippen LogP contribution < -0.4 is 0 Å². The minimum absolute atomic E-state index is 0.0261. The Kier molecular flexibility index (Phi) is 6.74. The van der Waals surface area contributed by atoms with Crippen LogP contribution in [0.4, 0.5) is 4.39 Å². The number of halogens is 1. The predicted molar refractivity (Wildman–Crippen MR) is 114 cm³/mol. The number of hydrogen-bond donors (Lipinski definition) is 0. The summed E-state index contributed by atoms with van der Waals surface area (Å²) in [4.78, 5) is 14.1. The maximum atomic E-state index is 14.1. The van der Waals surface area contributed by atoms with Gasteiger partial charge in [-0.25, -0.2) is 4.39 Å². The van der Waals surface area contributed by atoms with Crippen molar-refractivity contribution in [1.29, 1.82) is 0 Å². The van der Waals surface area contributed by atoms with Crippen LogP contribution >= 0.6 is 0 Å². The van der Waals surface area contributed by atoms with Crippen molar-refractivity contribution in [2.75, 3.05) is 13.2 Å². The largest absolute Gasteiger partial charge is 0.375 e. The van der Waals surface area contributed by atoms with Gasteiger partial charge in [-0.05, 0) is 44.2 Å². The van der Waals surface area contributed by atoms with Gasteiger partial charge >= 0.3 is 0 Å². The van der Waals surface area contributed by atoms with E-state index in [0.29, 0.717) is 25.3 Å². The molecular weight excluding hydrogens is 365 g/mol. The van der Waals surface area contributed by atoms with Crippen molar-refractivity contribution in [1.82, 2.24) is 4.90 Å². The molecule has 0 aliphatic carbocycles. The van der Waals surface area contributed by atoms with Gasteiger partial charge in [-0.2, -0.15) is 0 Å². The summed E-state index contributed by atoms with van der Waals surface area (Å²) in [5.41, 5.74) is 1.65. The lowest BCUT2D eigenvalue weighted by molar-refractivity contribution is -0.130. The summed E-state index contributed by atoms with van der Waals surface area (Å²) in [6.45, 7) is 7.53. The number of amides is 1. The second-order valence-corrected chi connectivity index (χ2v) is 8.51. The van der Waals surface area contributed by atoms with Gasteiger partial charge in [0.05, 0.1) is 5.60 Å². The van der Waals surface area contributed by atoms with E-state index >= 15 is 0 Å². The number of benzene rings is 2. The Morgan fingerprint density at radius 1 is 1.14 bits per heavy atom. The molecule has 0 radical (unpaired) electrons. The summed E-state index contributed by atoms with van der Waals surface area (Å²) in [5, 5.41) is 0. The first-order chi connectivity index (χ1) is 13.9. The average Bonchev–Trinajstić information content (AvgIpc) is 2.73. The van der Waals surface area contributed by atoms with Crippen molar-refractivity contribution in [3.63, 3.8) is 0 Å². The molecule has 1 fully saturated rings. The van der Waals surface area contributed by atoms with Crippen molar-refractivity contribution < 1.29 is 13.9 Å². The molecule has 2 aromatic rings. The Bertz CT molecular complexity index is 825. The lowest BCUT2D eigenvalue weighted by atomic mass is 9.66. The standard InChI is InChI=1S/C25H32FNO2/c1-4-24(3)19-25(15-17-29-24,22-11-6-5-7-12-22)14-16-27(20(2)28)18-21-10-8-9-13-23(21)26/h5-13H,4,14-19H2,1-3H3/t24-,25+/m0/s1. The first kappa shape index (κ1) is 21.5. The molecule has 0 unspecified atom stereocenters. The zero-order chi connectivity index (χ0) is 20.9. The lowest BCUT2D eigenvalue weighted by Crippen LogP contribution is -2.47. The van der Waals surface area contributed by atoms with Crippen LogP contribution in [-0.4, -0.2) is 29.6 Å². The molecule has 1 aliphatic rings. The van der Waals surface area contributed by atoms with Crippen LogP contribution in [0, 0.1) is 5.82 Å². The molecule has 3 nitrogen and oxygen atoms in total. The fourth-order valence-electron chi connectivity index (χ4n) is 4.50. The average molecular weight is 398 g/mol. The summed E-state index contributed by atoms with van der Waals surface area (Å²) in [6.07, 6.45) is 3.64. The van der Waals surface area contributed by atoms with Crippen LogP contribution in [0.3, 0.4) is 0 Å². The molecule has 0 N–H and O–H groups in total. The third-order valence-electron chi connectivity index (χ3n) is 6.50. The monoisotopic (exact) mass is 397 g/mol. The number of carbonyl (C=O) groups is 1. The molecule has 1 aliphatic heterocycles. The third-order valence-corrected chi connectivity index (χ3v) is 6.50. The van der Waals surface area contributed by atoms with Crippen LogP contribution in [0.1, 0.15) is 57.6 Å². The van der Waals surface area contributed by atoms with Crippen molar-refractivity contribution in [2.24, 2.45) is 0 Å². The third kappa shape index (κ3) is 5.05. The molecule has 3 rings (SSSR count). The number of carbonyl (C=O) groups excluding carboxylic acids is 1. The normalized spacial score (nSPS) is 24.3. The molecule has 4 heteroatoms. The van der Waals surface area contributed by atoms with Crippen LogP contribution in [0.2, 0.25) is 0 Å². The Hall–Kier alpha value is -2.20. The number of rotatable bonds is 7. The van der Waals surface area contributed by atoms with Gasteiger partial charge in [-0.15, -0.1) is 0 Å². The molecule has 2 aromatic carbocycles. The number of hydrogen-bond acceptors (Lipinski definition) is 2. The van der Waals surface area contributed by atoms with E-state index in [4.69, 9.17) is 4.74 Å². The van der Waals surface area contributed by atoms with Gasteiger partial charge in [0.25, 0.3) is 0 Å². The number of nitrogens with zero attached hydrogens (tertiary/aromatic N) is 1. The van der Waals surface area contributed by atoms with Crippen molar-refractivity contribution in [3.05, 3.63) is 71.5 Å². The van der Waals surface area contributed by atoms with Crippen molar-refractivity contribution in [3.8, 4) is 0 Å². The Morgan fingerprint density at radius 3 is 2.48 bits per heavy atom. The van der Waals surface area contributed by atoms with Crippen LogP contribution in [0.15, 0.2) is 54.6 Å². The van der Waals surface area contributed by atoms with E-state index < -0.39 is 0 Å². The van der Waals surface area contributed by atoms with Gasteiger partial charge in [0.1, 0.15) is 5.82 Å².